The predicted octanol–water partition coefficient (Wildman–Crippen LogP) is 4.32. The summed E-state index contributed by atoms with van der Waals surface area (Å²) >= 11 is 9.28. The topological polar surface area (TPSA) is 66.4 Å². The molecule has 0 heterocycles. The molecule has 4 nitrogen and oxygen atoms in total. The summed E-state index contributed by atoms with van der Waals surface area (Å²) in [6.45, 7) is 3.55. The number of nitrogens with one attached hydrogen (secondary N) is 1. The Kier molecular flexibility index (Phi) is 6.02. The summed E-state index contributed by atoms with van der Waals surface area (Å²) in [5.74, 6) is -1.30. The quantitative estimate of drug-likeness (QED) is 0.792. The normalized spacial score (nSPS) is 11.2. The molecule has 0 radical (unpaired) electrons. The SMILES string of the molecule is CCC(CC)(CC(=O)Nc1cc(Br)ccc1Cl)C(=O)O. The number of anilines is 1. The standard InChI is InChI=1S/C14H17BrClNO3/c1-3-14(4-2,13(19)20)8-12(18)17-11-7-9(15)5-6-10(11)16/h5-7H,3-4,8H2,1-2H3,(H,17,18)(H,19,20). The lowest BCUT2D eigenvalue weighted by Crippen LogP contribution is -2.34. The largest absolute Gasteiger partial charge is 0.481 e. The summed E-state index contributed by atoms with van der Waals surface area (Å²) in [4.78, 5) is 23.4. The fraction of sp³-hybridized carbons (Fsp3) is 0.429. The second-order valence-corrected chi connectivity index (χ2v) is 5.96. The van der Waals surface area contributed by atoms with Crippen LogP contribution in [0.4, 0.5) is 5.69 Å². The lowest BCUT2D eigenvalue weighted by molar-refractivity contribution is -0.151. The maximum absolute atomic E-state index is 12.1. The van der Waals surface area contributed by atoms with Gasteiger partial charge in [-0.1, -0.05) is 41.4 Å². The summed E-state index contributed by atoms with van der Waals surface area (Å²) in [6.07, 6.45) is 0.731. The van der Waals surface area contributed by atoms with Crippen molar-refractivity contribution in [2.45, 2.75) is 33.1 Å². The Labute approximate surface area is 131 Å². The van der Waals surface area contributed by atoms with Crippen molar-refractivity contribution in [3.05, 3.63) is 27.7 Å². The first-order chi connectivity index (χ1) is 9.34. The summed E-state index contributed by atoms with van der Waals surface area (Å²) in [7, 11) is 0. The van der Waals surface area contributed by atoms with Crippen LogP contribution >= 0.6 is 27.5 Å². The first kappa shape index (κ1) is 17.0. The van der Waals surface area contributed by atoms with Gasteiger partial charge in [0.2, 0.25) is 5.91 Å². The molecule has 0 aliphatic carbocycles. The van der Waals surface area contributed by atoms with Crippen LogP contribution in [0.5, 0.6) is 0 Å². The minimum absolute atomic E-state index is 0.0713. The van der Waals surface area contributed by atoms with Gasteiger partial charge in [-0.25, -0.2) is 0 Å². The van der Waals surface area contributed by atoms with Crippen molar-refractivity contribution in [1.29, 1.82) is 0 Å². The van der Waals surface area contributed by atoms with E-state index in [-0.39, 0.29) is 12.3 Å². The average Bonchev–Trinajstić information content (AvgIpc) is 2.40. The molecule has 1 aromatic carbocycles. The molecule has 110 valence electrons. The van der Waals surface area contributed by atoms with Gasteiger partial charge in [0.1, 0.15) is 0 Å². The van der Waals surface area contributed by atoms with Gasteiger partial charge in [0.25, 0.3) is 0 Å². The number of rotatable bonds is 6. The molecule has 2 N–H and O–H groups in total. The number of carboxylic acid groups (broad SMARTS) is 1. The molecule has 20 heavy (non-hydrogen) atoms. The van der Waals surface area contributed by atoms with Gasteiger partial charge in [0.05, 0.1) is 16.1 Å². The predicted molar refractivity (Wildman–Crippen MR) is 83.0 cm³/mol. The van der Waals surface area contributed by atoms with Gasteiger partial charge in [-0.15, -0.1) is 0 Å². The third-order valence-corrected chi connectivity index (χ3v) is 4.33. The first-order valence-corrected chi connectivity index (χ1v) is 7.50. The van der Waals surface area contributed by atoms with Crippen LogP contribution in [0.2, 0.25) is 5.02 Å². The molecule has 0 aromatic heterocycles. The number of carbonyl (C=O) groups is 2. The summed E-state index contributed by atoms with van der Waals surface area (Å²) in [5.41, 5.74) is -0.555. The van der Waals surface area contributed by atoms with Crippen LogP contribution in [0.1, 0.15) is 33.1 Å². The number of carboxylic acids is 1. The highest BCUT2D eigenvalue weighted by Crippen LogP contribution is 2.32. The van der Waals surface area contributed by atoms with Crippen LogP contribution in [-0.4, -0.2) is 17.0 Å². The molecule has 0 spiro atoms. The highest BCUT2D eigenvalue weighted by Gasteiger charge is 2.37. The summed E-state index contributed by atoms with van der Waals surface area (Å²) in [6, 6.07) is 5.10. The zero-order valence-corrected chi connectivity index (χ0v) is 13.7. The van der Waals surface area contributed by atoms with Crippen LogP contribution in [0.3, 0.4) is 0 Å². The number of halogens is 2. The summed E-state index contributed by atoms with van der Waals surface area (Å²) < 4.78 is 0.785. The van der Waals surface area contributed by atoms with E-state index in [0.29, 0.717) is 23.6 Å². The fourth-order valence-corrected chi connectivity index (χ4v) is 2.50. The Hall–Kier alpha value is -1.07. The lowest BCUT2D eigenvalue weighted by Gasteiger charge is -2.25. The van der Waals surface area contributed by atoms with Crippen molar-refractivity contribution in [2.24, 2.45) is 5.41 Å². The van der Waals surface area contributed by atoms with E-state index in [1.807, 2.05) is 0 Å². The minimum atomic E-state index is -1.03. The highest BCUT2D eigenvalue weighted by atomic mass is 79.9. The van der Waals surface area contributed by atoms with E-state index in [1.165, 1.54) is 0 Å². The summed E-state index contributed by atoms with van der Waals surface area (Å²) in [5, 5.41) is 12.4. The molecule has 0 saturated carbocycles. The maximum atomic E-state index is 12.1. The molecule has 0 atom stereocenters. The lowest BCUT2D eigenvalue weighted by atomic mass is 9.79. The van der Waals surface area contributed by atoms with Crippen molar-refractivity contribution < 1.29 is 14.7 Å². The Morgan fingerprint density at radius 1 is 1.35 bits per heavy atom. The second-order valence-electron chi connectivity index (χ2n) is 4.64. The van der Waals surface area contributed by atoms with Gasteiger partial charge in [-0.05, 0) is 31.0 Å². The molecule has 1 amide bonds. The molecule has 0 aliphatic rings. The smallest absolute Gasteiger partial charge is 0.310 e. The van der Waals surface area contributed by atoms with Gasteiger partial charge in [0.15, 0.2) is 0 Å². The molecule has 6 heteroatoms. The number of carbonyl (C=O) groups excluding carboxylic acids is 1. The van der Waals surface area contributed by atoms with E-state index in [4.69, 9.17) is 11.6 Å². The third-order valence-electron chi connectivity index (χ3n) is 3.51. The minimum Gasteiger partial charge on any atom is -0.481 e. The van der Waals surface area contributed by atoms with E-state index in [2.05, 4.69) is 21.2 Å². The van der Waals surface area contributed by atoms with E-state index < -0.39 is 11.4 Å². The van der Waals surface area contributed by atoms with Crippen LogP contribution in [0.25, 0.3) is 0 Å². The zero-order valence-electron chi connectivity index (χ0n) is 11.4. The fourth-order valence-electron chi connectivity index (χ4n) is 1.97. The van der Waals surface area contributed by atoms with Crippen LogP contribution < -0.4 is 5.32 Å². The van der Waals surface area contributed by atoms with Crippen molar-refractivity contribution in [3.8, 4) is 0 Å². The van der Waals surface area contributed by atoms with Gasteiger partial charge >= 0.3 is 5.97 Å². The van der Waals surface area contributed by atoms with Gasteiger partial charge in [-0.2, -0.15) is 0 Å². The average molecular weight is 363 g/mol. The zero-order chi connectivity index (χ0) is 15.3. The van der Waals surface area contributed by atoms with E-state index in [0.717, 1.165) is 4.47 Å². The molecule has 1 rings (SSSR count). The molecule has 0 fully saturated rings. The van der Waals surface area contributed by atoms with E-state index in [1.54, 1.807) is 32.0 Å². The van der Waals surface area contributed by atoms with Gasteiger partial charge in [-0.3, -0.25) is 9.59 Å². The number of hydrogen-bond acceptors (Lipinski definition) is 2. The Balaban J connectivity index is 2.86. The number of hydrogen-bond donors (Lipinski definition) is 2. The Morgan fingerprint density at radius 3 is 2.45 bits per heavy atom. The van der Waals surface area contributed by atoms with Crippen molar-refractivity contribution in [3.63, 3.8) is 0 Å². The van der Waals surface area contributed by atoms with E-state index in [9.17, 15) is 14.7 Å². The number of aliphatic carboxylic acids is 1. The maximum Gasteiger partial charge on any atom is 0.310 e. The first-order valence-electron chi connectivity index (χ1n) is 6.33. The van der Waals surface area contributed by atoms with Crippen molar-refractivity contribution >= 4 is 45.1 Å². The van der Waals surface area contributed by atoms with Crippen molar-refractivity contribution in [2.75, 3.05) is 5.32 Å². The molecular weight excluding hydrogens is 346 g/mol. The van der Waals surface area contributed by atoms with Gasteiger partial charge in [0, 0.05) is 10.9 Å². The molecule has 0 aliphatic heterocycles. The number of amides is 1. The Bertz CT molecular complexity index is 515. The highest BCUT2D eigenvalue weighted by molar-refractivity contribution is 9.10. The van der Waals surface area contributed by atoms with Crippen LogP contribution in [0, 0.1) is 5.41 Å². The molecule has 0 bridgehead atoms. The van der Waals surface area contributed by atoms with Crippen molar-refractivity contribution in [1.82, 2.24) is 0 Å². The molecule has 1 aromatic rings. The molecule has 0 unspecified atom stereocenters. The number of benzene rings is 1. The van der Waals surface area contributed by atoms with Gasteiger partial charge < -0.3 is 10.4 Å². The second kappa shape index (κ2) is 7.09. The Morgan fingerprint density at radius 2 is 1.95 bits per heavy atom. The van der Waals surface area contributed by atoms with E-state index >= 15 is 0 Å². The van der Waals surface area contributed by atoms with Crippen LogP contribution in [0.15, 0.2) is 22.7 Å². The third kappa shape index (κ3) is 3.96. The van der Waals surface area contributed by atoms with Crippen LogP contribution in [-0.2, 0) is 9.59 Å². The molecule has 0 saturated heterocycles. The monoisotopic (exact) mass is 361 g/mol. The molecular formula is C14H17BrClNO3.